The Bertz CT molecular complexity index is 538. The smallest absolute Gasteiger partial charge is 0.383 e. The van der Waals surface area contributed by atoms with Crippen LogP contribution in [0, 0.1) is 0 Å². The van der Waals surface area contributed by atoms with E-state index in [-0.39, 0.29) is 23.1 Å². The van der Waals surface area contributed by atoms with Crippen molar-refractivity contribution in [3.8, 4) is 0 Å². The molecule has 120 valence electrons. The molecule has 0 saturated heterocycles. The number of halogens is 3. The van der Waals surface area contributed by atoms with E-state index in [1.165, 1.54) is 12.1 Å². The second kappa shape index (κ2) is 7.15. The van der Waals surface area contributed by atoms with Crippen molar-refractivity contribution >= 4 is 15.5 Å². The number of hydrogen-bond donors (Lipinski definition) is 1. The summed E-state index contributed by atoms with van der Waals surface area (Å²) in [6.45, 7) is 3.37. The minimum atomic E-state index is -4.12. The maximum atomic E-state index is 12.0. The van der Waals surface area contributed by atoms with Crippen LogP contribution in [0.4, 0.5) is 18.9 Å². The van der Waals surface area contributed by atoms with Crippen molar-refractivity contribution in [2.45, 2.75) is 50.2 Å². The minimum absolute atomic E-state index is 0.0353. The lowest BCUT2D eigenvalue weighted by atomic mass is 10.1. The lowest BCUT2D eigenvalue weighted by Crippen LogP contribution is -2.16. The number of nitrogens with one attached hydrogen (secondary N) is 1. The van der Waals surface area contributed by atoms with Gasteiger partial charge in [0.05, 0.1) is 10.6 Å². The molecule has 0 aliphatic rings. The molecule has 0 radical (unpaired) electrons. The molecular formula is C14H20F3NO2S. The number of benzene rings is 1. The van der Waals surface area contributed by atoms with E-state index in [0.29, 0.717) is 12.1 Å². The van der Waals surface area contributed by atoms with Gasteiger partial charge in [-0.25, -0.2) is 8.42 Å². The highest BCUT2D eigenvalue weighted by molar-refractivity contribution is 7.91. The van der Waals surface area contributed by atoms with E-state index in [9.17, 15) is 21.6 Å². The van der Waals surface area contributed by atoms with E-state index < -0.39 is 22.4 Å². The zero-order chi connectivity index (χ0) is 16.1. The summed E-state index contributed by atoms with van der Waals surface area (Å²) in [5.74, 6) is 0.0353. The first-order chi connectivity index (χ1) is 9.64. The zero-order valence-electron chi connectivity index (χ0n) is 12.1. The molecule has 0 saturated carbocycles. The van der Waals surface area contributed by atoms with Gasteiger partial charge in [0.1, 0.15) is 0 Å². The van der Waals surface area contributed by atoms with Crippen LogP contribution in [-0.2, 0) is 9.84 Å². The van der Waals surface area contributed by atoms with Crippen LogP contribution in [0.2, 0.25) is 0 Å². The number of hydrogen-bond acceptors (Lipinski definition) is 3. The molecule has 0 amide bonds. The molecule has 0 bridgehead atoms. The van der Waals surface area contributed by atoms with Gasteiger partial charge in [0.25, 0.3) is 0 Å². The van der Waals surface area contributed by atoms with Crippen LogP contribution in [0.5, 0.6) is 0 Å². The molecule has 0 aromatic heterocycles. The zero-order valence-corrected chi connectivity index (χ0v) is 12.9. The third-order valence-corrected chi connectivity index (χ3v) is 4.85. The standard InChI is InChI=1S/C14H20F3NO2S/c1-3-21(19,20)13-8-6-12(7-9-13)18-11(2)5-4-10-14(15,16)17/h6-9,11,18H,3-5,10H2,1-2H3. The molecule has 1 atom stereocenters. The number of anilines is 1. The van der Waals surface area contributed by atoms with E-state index in [1.807, 2.05) is 0 Å². The average molecular weight is 323 g/mol. The molecule has 3 nitrogen and oxygen atoms in total. The summed E-state index contributed by atoms with van der Waals surface area (Å²) < 4.78 is 59.4. The Kier molecular flexibility index (Phi) is 6.07. The van der Waals surface area contributed by atoms with E-state index in [4.69, 9.17) is 0 Å². The fourth-order valence-corrected chi connectivity index (χ4v) is 2.77. The molecule has 1 rings (SSSR count). The first-order valence-electron chi connectivity index (χ1n) is 6.80. The Morgan fingerprint density at radius 3 is 2.24 bits per heavy atom. The fraction of sp³-hybridized carbons (Fsp3) is 0.571. The third kappa shape index (κ3) is 6.37. The van der Waals surface area contributed by atoms with Crippen LogP contribution in [-0.4, -0.2) is 26.4 Å². The van der Waals surface area contributed by atoms with Gasteiger partial charge in [-0.15, -0.1) is 0 Å². The molecular weight excluding hydrogens is 303 g/mol. The normalized spacial score (nSPS) is 14.0. The quantitative estimate of drug-likeness (QED) is 0.824. The lowest BCUT2D eigenvalue weighted by molar-refractivity contribution is -0.135. The van der Waals surface area contributed by atoms with Gasteiger partial charge in [-0.1, -0.05) is 6.92 Å². The molecule has 0 spiro atoms. The predicted octanol–water partition coefficient (Wildman–Crippen LogP) is 4.01. The number of sulfone groups is 1. The van der Waals surface area contributed by atoms with Gasteiger partial charge in [0.2, 0.25) is 0 Å². The molecule has 1 unspecified atom stereocenters. The summed E-state index contributed by atoms with van der Waals surface area (Å²) in [7, 11) is -3.23. The van der Waals surface area contributed by atoms with Gasteiger partial charge >= 0.3 is 6.18 Å². The topological polar surface area (TPSA) is 46.2 Å². The molecule has 0 aliphatic heterocycles. The molecule has 7 heteroatoms. The van der Waals surface area contributed by atoms with Crippen molar-refractivity contribution in [1.29, 1.82) is 0 Å². The molecule has 0 fully saturated rings. The molecule has 0 aliphatic carbocycles. The summed E-state index contributed by atoms with van der Waals surface area (Å²) in [6, 6.07) is 6.15. The second-order valence-corrected chi connectivity index (χ2v) is 7.26. The SMILES string of the molecule is CCS(=O)(=O)c1ccc(NC(C)CCCC(F)(F)F)cc1. The van der Waals surface area contributed by atoms with Crippen molar-refractivity contribution in [3.05, 3.63) is 24.3 Å². The molecule has 1 N–H and O–H groups in total. The van der Waals surface area contributed by atoms with Gasteiger partial charge in [0.15, 0.2) is 9.84 Å². The highest BCUT2D eigenvalue weighted by Crippen LogP contribution is 2.23. The van der Waals surface area contributed by atoms with Crippen molar-refractivity contribution in [2.24, 2.45) is 0 Å². The summed E-state index contributed by atoms with van der Waals surface area (Å²) >= 11 is 0. The largest absolute Gasteiger partial charge is 0.389 e. The van der Waals surface area contributed by atoms with Gasteiger partial charge in [0, 0.05) is 18.2 Å². The van der Waals surface area contributed by atoms with Gasteiger partial charge < -0.3 is 5.32 Å². The molecule has 1 aromatic rings. The van der Waals surface area contributed by atoms with Gasteiger partial charge in [-0.05, 0) is 44.0 Å². The van der Waals surface area contributed by atoms with Crippen molar-refractivity contribution < 1.29 is 21.6 Å². The Hall–Kier alpha value is -1.24. The van der Waals surface area contributed by atoms with Crippen LogP contribution in [0.25, 0.3) is 0 Å². The Balaban J connectivity index is 2.52. The average Bonchev–Trinajstić information content (AvgIpc) is 2.37. The Labute approximate surface area is 123 Å². The summed E-state index contributed by atoms with van der Waals surface area (Å²) in [5.41, 5.74) is 0.699. The van der Waals surface area contributed by atoms with Crippen LogP contribution < -0.4 is 5.32 Å². The first-order valence-corrected chi connectivity index (χ1v) is 8.45. The molecule has 1 aromatic carbocycles. The highest BCUT2D eigenvalue weighted by atomic mass is 32.2. The monoisotopic (exact) mass is 323 g/mol. The van der Waals surface area contributed by atoms with Gasteiger partial charge in [-0.3, -0.25) is 0 Å². The van der Waals surface area contributed by atoms with E-state index in [2.05, 4.69) is 5.32 Å². The van der Waals surface area contributed by atoms with Crippen molar-refractivity contribution in [3.63, 3.8) is 0 Å². The molecule has 21 heavy (non-hydrogen) atoms. The third-order valence-electron chi connectivity index (χ3n) is 3.10. The summed E-state index contributed by atoms with van der Waals surface area (Å²) in [5, 5.41) is 3.06. The lowest BCUT2D eigenvalue weighted by Gasteiger charge is -2.16. The van der Waals surface area contributed by atoms with E-state index >= 15 is 0 Å². The Morgan fingerprint density at radius 1 is 1.19 bits per heavy atom. The van der Waals surface area contributed by atoms with Crippen LogP contribution in [0.3, 0.4) is 0 Å². The van der Waals surface area contributed by atoms with Crippen LogP contribution >= 0.6 is 0 Å². The van der Waals surface area contributed by atoms with E-state index in [1.54, 1.807) is 26.0 Å². The summed E-state index contributed by atoms with van der Waals surface area (Å²) in [4.78, 5) is 0.250. The highest BCUT2D eigenvalue weighted by Gasteiger charge is 2.26. The van der Waals surface area contributed by atoms with Gasteiger partial charge in [-0.2, -0.15) is 13.2 Å². The number of rotatable bonds is 7. The van der Waals surface area contributed by atoms with Crippen LogP contribution in [0.15, 0.2) is 29.2 Å². The minimum Gasteiger partial charge on any atom is -0.383 e. The van der Waals surface area contributed by atoms with Crippen molar-refractivity contribution in [2.75, 3.05) is 11.1 Å². The maximum Gasteiger partial charge on any atom is 0.389 e. The molecule has 0 heterocycles. The fourth-order valence-electron chi connectivity index (χ4n) is 1.89. The summed E-state index contributed by atoms with van der Waals surface area (Å²) in [6.07, 6.45) is -4.43. The van der Waals surface area contributed by atoms with Crippen molar-refractivity contribution in [1.82, 2.24) is 0 Å². The Morgan fingerprint density at radius 2 is 1.76 bits per heavy atom. The van der Waals surface area contributed by atoms with Crippen LogP contribution in [0.1, 0.15) is 33.1 Å². The number of alkyl halides is 3. The maximum absolute atomic E-state index is 12.0. The van der Waals surface area contributed by atoms with E-state index in [0.717, 1.165) is 0 Å². The first kappa shape index (κ1) is 17.8. The second-order valence-electron chi connectivity index (χ2n) is 4.98. The predicted molar refractivity (Wildman–Crippen MR) is 77.2 cm³/mol.